The number of rotatable bonds is 2. The van der Waals surface area contributed by atoms with Gasteiger partial charge in [-0.3, -0.25) is 4.79 Å². The van der Waals surface area contributed by atoms with Crippen molar-refractivity contribution in [3.8, 4) is 0 Å². The Hall–Kier alpha value is -1.26. The summed E-state index contributed by atoms with van der Waals surface area (Å²) in [5.41, 5.74) is 0.408. The number of urea groups is 1. The maximum Gasteiger partial charge on any atom is 0.331 e. The molecule has 96 valence electrons. The fraction of sp³-hybridized carbons (Fsp3) is 0.333. The monoisotopic (exact) mass is 286 g/mol. The second-order valence-electron chi connectivity index (χ2n) is 4.12. The normalized spacial score (nSPS) is 19.9. The minimum absolute atomic E-state index is 0.247. The van der Waals surface area contributed by atoms with Gasteiger partial charge in [0.25, 0.3) is 5.91 Å². The van der Waals surface area contributed by atoms with E-state index >= 15 is 0 Å². The first-order chi connectivity index (χ1) is 8.45. The quantitative estimate of drug-likeness (QED) is 0.784. The molecule has 0 spiro atoms. The first-order valence-corrected chi connectivity index (χ1v) is 6.28. The summed E-state index contributed by atoms with van der Waals surface area (Å²) in [5.74, 6) is -0.247. The molecule has 1 aromatic carbocycles. The molecule has 3 amide bonds. The molecule has 18 heavy (non-hydrogen) atoms. The number of carbonyl (C=O) groups excluding carboxylic acids is 2. The number of nitrogens with zero attached hydrogens (tertiary/aromatic N) is 2. The molecule has 0 aromatic heterocycles. The zero-order valence-corrected chi connectivity index (χ0v) is 11.5. The lowest BCUT2D eigenvalue weighted by Gasteiger charge is -2.14. The molecule has 1 fully saturated rings. The van der Waals surface area contributed by atoms with Crippen LogP contribution in [-0.2, 0) is 4.79 Å². The van der Waals surface area contributed by atoms with E-state index in [1.165, 1.54) is 4.90 Å². The smallest absolute Gasteiger partial charge is 0.315 e. The second kappa shape index (κ2) is 4.78. The molecule has 6 heteroatoms. The molecule has 0 aliphatic carbocycles. The Morgan fingerprint density at radius 2 is 1.72 bits per heavy atom. The molecular weight excluding hydrogens is 275 g/mol. The zero-order chi connectivity index (χ0) is 13.4. The Morgan fingerprint density at radius 1 is 1.17 bits per heavy atom. The largest absolute Gasteiger partial charge is 0.331 e. The van der Waals surface area contributed by atoms with Crippen LogP contribution in [0.1, 0.15) is 13.3 Å². The van der Waals surface area contributed by atoms with E-state index in [9.17, 15) is 9.59 Å². The van der Waals surface area contributed by atoms with Crippen molar-refractivity contribution in [2.24, 2.45) is 0 Å². The predicted octanol–water partition coefficient (Wildman–Crippen LogP) is 3.17. The Labute approximate surface area is 115 Å². The molecule has 4 nitrogen and oxygen atoms in total. The number of amides is 3. The summed E-state index contributed by atoms with van der Waals surface area (Å²) in [6, 6.07) is 3.88. The van der Waals surface area contributed by atoms with Crippen molar-refractivity contribution < 1.29 is 9.59 Å². The highest BCUT2D eigenvalue weighted by atomic mass is 35.5. The van der Waals surface area contributed by atoms with Gasteiger partial charge in [0.2, 0.25) is 0 Å². The third-order valence-corrected chi connectivity index (χ3v) is 3.39. The Morgan fingerprint density at radius 3 is 2.17 bits per heavy atom. The fourth-order valence-electron chi connectivity index (χ4n) is 2.05. The lowest BCUT2D eigenvalue weighted by Crippen LogP contribution is -2.31. The van der Waals surface area contributed by atoms with Crippen LogP contribution in [0.4, 0.5) is 10.5 Å². The van der Waals surface area contributed by atoms with Crippen LogP contribution in [0.2, 0.25) is 10.0 Å². The molecule has 1 saturated heterocycles. The van der Waals surface area contributed by atoms with Gasteiger partial charge in [-0.15, -0.1) is 0 Å². The molecule has 1 unspecified atom stereocenters. The van der Waals surface area contributed by atoms with Crippen molar-refractivity contribution in [2.45, 2.75) is 19.4 Å². The van der Waals surface area contributed by atoms with E-state index in [4.69, 9.17) is 23.2 Å². The van der Waals surface area contributed by atoms with Crippen LogP contribution in [-0.4, -0.2) is 29.9 Å². The van der Waals surface area contributed by atoms with Gasteiger partial charge in [0.15, 0.2) is 0 Å². The summed E-state index contributed by atoms with van der Waals surface area (Å²) in [5, 5.41) is 0.779. The Bertz CT molecular complexity index is 499. The highest BCUT2D eigenvalue weighted by Gasteiger charge is 2.42. The summed E-state index contributed by atoms with van der Waals surface area (Å²) < 4.78 is 0. The molecule has 0 bridgehead atoms. The zero-order valence-electron chi connectivity index (χ0n) is 9.98. The number of hydrogen-bond donors (Lipinski definition) is 0. The van der Waals surface area contributed by atoms with Gasteiger partial charge in [-0.2, -0.15) is 0 Å². The molecule has 0 saturated carbocycles. The maximum atomic E-state index is 12.2. The van der Waals surface area contributed by atoms with Crippen LogP contribution >= 0.6 is 23.2 Å². The SMILES string of the molecule is CCC1C(=O)N(c2cc(Cl)cc(Cl)c2)C(=O)N1C. The van der Waals surface area contributed by atoms with E-state index in [1.54, 1.807) is 25.2 Å². The average Bonchev–Trinajstić information content (AvgIpc) is 2.48. The number of hydrogen-bond acceptors (Lipinski definition) is 2. The lowest BCUT2D eigenvalue weighted by molar-refractivity contribution is -0.119. The van der Waals surface area contributed by atoms with E-state index in [2.05, 4.69) is 0 Å². The number of likely N-dealkylation sites (N-methyl/N-ethyl adjacent to an activating group) is 1. The molecule has 1 heterocycles. The van der Waals surface area contributed by atoms with Gasteiger partial charge in [-0.05, 0) is 24.6 Å². The van der Waals surface area contributed by atoms with Crippen LogP contribution in [0, 0.1) is 0 Å². The summed E-state index contributed by atoms with van der Waals surface area (Å²) >= 11 is 11.8. The minimum atomic E-state index is -0.421. The van der Waals surface area contributed by atoms with Crippen molar-refractivity contribution in [1.82, 2.24) is 4.90 Å². The van der Waals surface area contributed by atoms with Crippen LogP contribution in [0.25, 0.3) is 0 Å². The molecule has 0 radical (unpaired) electrons. The van der Waals surface area contributed by atoms with Gasteiger partial charge in [0.05, 0.1) is 5.69 Å². The average molecular weight is 287 g/mol. The van der Waals surface area contributed by atoms with E-state index in [0.717, 1.165) is 4.90 Å². The predicted molar refractivity (Wildman–Crippen MR) is 71.2 cm³/mol. The van der Waals surface area contributed by atoms with Crippen molar-refractivity contribution in [1.29, 1.82) is 0 Å². The highest BCUT2D eigenvalue weighted by Crippen LogP contribution is 2.30. The summed E-state index contributed by atoms with van der Waals surface area (Å²) in [4.78, 5) is 26.8. The first-order valence-electron chi connectivity index (χ1n) is 5.52. The molecule has 2 rings (SSSR count). The van der Waals surface area contributed by atoms with E-state index in [0.29, 0.717) is 22.2 Å². The number of carbonyl (C=O) groups is 2. The van der Waals surface area contributed by atoms with Crippen LogP contribution in [0.3, 0.4) is 0 Å². The first kappa shape index (κ1) is 13.2. The van der Waals surface area contributed by atoms with Gasteiger partial charge in [0, 0.05) is 17.1 Å². The maximum absolute atomic E-state index is 12.2. The molecular formula is C12H12Cl2N2O2. The van der Waals surface area contributed by atoms with Gasteiger partial charge < -0.3 is 4.90 Å². The molecule has 1 atom stereocenters. The van der Waals surface area contributed by atoms with E-state index in [1.807, 2.05) is 6.92 Å². The molecule has 1 aliphatic heterocycles. The minimum Gasteiger partial charge on any atom is -0.315 e. The Kier molecular flexibility index (Phi) is 3.50. The van der Waals surface area contributed by atoms with E-state index in [-0.39, 0.29) is 11.9 Å². The van der Waals surface area contributed by atoms with Gasteiger partial charge in [0.1, 0.15) is 6.04 Å². The van der Waals surface area contributed by atoms with Gasteiger partial charge in [-0.25, -0.2) is 9.69 Å². The number of halogens is 2. The number of benzene rings is 1. The lowest BCUT2D eigenvalue weighted by atomic mass is 10.2. The van der Waals surface area contributed by atoms with Gasteiger partial charge >= 0.3 is 6.03 Å². The molecule has 1 aliphatic rings. The summed E-state index contributed by atoms with van der Waals surface area (Å²) in [7, 11) is 1.61. The van der Waals surface area contributed by atoms with Crippen LogP contribution in [0.5, 0.6) is 0 Å². The summed E-state index contributed by atoms with van der Waals surface area (Å²) in [6.45, 7) is 1.86. The summed E-state index contributed by atoms with van der Waals surface area (Å²) in [6.07, 6.45) is 0.575. The van der Waals surface area contributed by atoms with Gasteiger partial charge in [-0.1, -0.05) is 30.1 Å². The van der Waals surface area contributed by atoms with Crippen molar-refractivity contribution in [2.75, 3.05) is 11.9 Å². The van der Waals surface area contributed by atoms with Crippen molar-refractivity contribution in [3.63, 3.8) is 0 Å². The third-order valence-electron chi connectivity index (χ3n) is 2.96. The topological polar surface area (TPSA) is 40.6 Å². The molecule has 1 aromatic rings. The Balaban J connectivity index is 2.44. The van der Waals surface area contributed by atoms with Crippen LogP contribution in [0.15, 0.2) is 18.2 Å². The van der Waals surface area contributed by atoms with Crippen molar-refractivity contribution >= 4 is 40.8 Å². The third kappa shape index (κ3) is 2.06. The second-order valence-corrected chi connectivity index (χ2v) is 4.99. The van der Waals surface area contributed by atoms with E-state index < -0.39 is 6.04 Å². The standard InChI is InChI=1S/C12H12Cl2N2O2/c1-3-10-11(17)16(12(18)15(10)2)9-5-7(13)4-8(14)6-9/h4-6,10H,3H2,1-2H3. The highest BCUT2D eigenvalue weighted by molar-refractivity contribution is 6.35. The van der Waals surface area contributed by atoms with Crippen LogP contribution < -0.4 is 4.90 Å². The van der Waals surface area contributed by atoms with Crippen molar-refractivity contribution in [3.05, 3.63) is 28.2 Å². The fourth-order valence-corrected chi connectivity index (χ4v) is 2.57. The number of imide groups is 1. The molecule has 0 N–H and O–H groups in total. The number of anilines is 1.